The van der Waals surface area contributed by atoms with E-state index in [1.54, 1.807) is 4.90 Å². The van der Waals surface area contributed by atoms with Crippen LogP contribution < -0.4 is 5.32 Å². The summed E-state index contributed by atoms with van der Waals surface area (Å²) in [5.74, 6) is -1.09. The van der Waals surface area contributed by atoms with Crippen molar-refractivity contribution >= 4 is 33.6 Å². The van der Waals surface area contributed by atoms with Crippen molar-refractivity contribution in [2.45, 2.75) is 12.8 Å². The van der Waals surface area contributed by atoms with Crippen LogP contribution in [0.15, 0.2) is 28.7 Å². The highest BCUT2D eigenvalue weighted by atomic mass is 79.9. The molecular formula is C13H15BrN2O3. The fourth-order valence-corrected chi connectivity index (χ4v) is 2.33. The van der Waals surface area contributed by atoms with E-state index >= 15 is 0 Å². The third kappa shape index (κ3) is 3.70. The van der Waals surface area contributed by atoms with Gasteiger partial charge in [-0.15, -0.1) is 0 Å². The van der Waals surface area contributed by atoms with Crippen LogP contribution in [0.5, 0.6) is 0 Å². The molecule has 1 saturated heterocycles. The Balaban J connectivity index is 1.88. The number of amides is 2. The summed E-state index contributed by atoms with van der Waals surface area (Å²) < 4.78 is 0.952. The van der Waals surface area contributed by atoms with Gasteiger partial charge < -0.3 is 15.3 Å². The Labute approximate surface area is 119 Å². The monoisotopic (exact) mass is 326 g/mol. The van der Waals surface area contributed by atoms with Crippen molar-refractivity contribution in [3.63, 3.8) is 0 Å². The minimum Gasteiger partial charge on any atom is -0.481 e. The molecular weight excluding hydrogens is 312 g/mol. The van der Waals surface area contributed by atoms with Gasteiger partial charge in [0.1, 0.15) is 0 Å². The summed E-state index contributed by atoms with van der Waals surface area (Å²) in [5, 5.41) is 11.7. The van der Waals surface area contributed by atoms with Crippen LogP contribution in [0.2, 0.25) is 0 Å². The fourth-order valence-electron chi connectivity index (χ4n) is 2.07. The molecule has 0 spiro atoms. The highest BCUT2D eigenvalue weighted by molar-refractivity contribution is 9.10. The number of carboxylic acids is 1. The van der Waals surface area contributed by atoms with Crippen molar-refractivity contribution in [2.24, 2.45) is 5.92 Å². The number of urea groups is 1. The number of carbonyl (C=O) groups excluding carboxylic acids is 1. The molecule has 0 saturated carbocycles. The van der Waals surface area contributed by atoms with E-state index in [9.17, 15) is 9.59 Å². The highest BCUT2D eigenvalue weighted by Gasteiger charge is 2.26. The van der Waals surface area contributed by atoms with Crippen molar-refractivity contribution < 1.29 is 14.7 Å². The molecule has 2 N–H and O–H groups in total. The van der Waals surface area contributed by atoms with Gasteiger partial charge in [-0.25, -0.2) is 4.79 Å². The van der Waals surface area contributed by atoms with Gasteiger partial charge in [0.25, 0.3) is 0 Å². The van der Waals surface area contributed by atoms with Gasteiger partial charge >= 0.3 is 12.0 Å². The van der Waals surface area contributed by atoms with Crippen molar-refractivity contribution in [1.29, 1.82) is 0 Å². The van der Waals surface area contributed by atoms with E-state index in [-0.39, 0.29) is 11.9 Å². The van der Waals surface area contributed by atoms with E-state index in [1.807, 2.05) is 24.3 Å². The predicted molar refractivity (Wildman–Crippen MR) is 75.1 cm³/mol. The van der Waals surface area contributed by atoms with E-state index < -0.39 is 5.97 Å². The van der Waals surface area contributed by atoms with E-state index in [4.69, 9.17) is 5.11 Å². The van der Waals surface area contributed by atoms with Gasteiger partial charge in [-0.2, -0.15) is 0 Å². The average molecular weight is 327 g/mol. The molecule has 0 bridgehead atoms. The molecule has 19 heavy (non-hydrogen) atoms. The van der Waals surface area contributed by atoms with E-state index in [2.05, 4.69) is 21.2 Å². The average Bonchev–Trinajstić information content (AvgIpc) is 2.41. The van der Waals surface area contributed by atoms with Crippen molar-refractivity contribution in [3.05, 3.63) is 28.7 Å². The van der Waals surface area contributed by atoms with Gasteiger partial charge in [-0.05, 0) is 37.1 Å². The Morgan fingerprint density at radius 3 is 2.32 bits per heavy atom. The summed E-state index contributed by atoms with van der Waals surface area (Å²) in [6.07, 6.45) is 1.03. The first-order valence-corrected chi connectivity index (χ1v) is 6.90. The molecule has 0 atom stereocenters. The van der Waals surface area contributed by atoms with Gasteiger partial charge in [0, 0.05) is 23.2 Å². The number of nitrogens with zero attached hydrogens (tertiary/aromatic N) is 1. The smallest absolute Gasteiger partial charge is 0.321 e. The Kier molecular flexibility index (Phi) is 4.42. The van der Waals surface area contributed by atoms with Crippen LogP contribution in [0.3, 0.4) is 0 Å². The van der Waals surface area contributed by atoms with Crippen LogP contribution in [0.25, 0.3) is 0 Å². The number of hydrogen-bond acceptors (Lipinski definition) is 2. The molecule has 1 aromatic carbocycles. The molecule has 5 nitrogen and oxygen atoms in total. The lowest BCUT2D eigenvalue weighted by molar-refractivity contribution is -0.143. The molecule has 2 amide bonds. The Bertz CT molecular complexity index is 467. The molecule has 0 unspecified atom stereocenters. The molecule has 0 aliphatic carbocycles. The number of anilines is 1. The fraction of sp³-hybridized carbons (Fsp3) is 0.385. The number of nitrogens with one attached hydrogen (secondary N) is 1. The topological polar surface area (TPSA) is 69.6 Å². The first kappa shape index (κ1) is 13.9. The molecule has 1 aliphatic rings. The zero-order chi connectivity index (χ0) is 13.8. The molecule has 1 aliphatic heterocycles. The van der Waals surface area contributed by atoms with Crippen LogP contribution in [-0.2, 0) is 4.79 Å². The second-order valence-electron chi connectivity index (χ2n) is 4.54. The SMILES string of the molecule is O=C(O)C1CCN(C(=O)Nc2ccc(Br)cc2)CC1. The quantitative estimate of drug-likeness (QED) is 0.877. The Morgan fingerprint density at radius 2 is 1.79 bits per heavy atom. The third-order valence-corrected chi connectivity index (χ3v) is 3.76. The Morgan fingerprint density at radius 1 is 1.21 bits per heavy atom. The van der Waals surface area contributed by atoms with Crippen LogP contribution >= 0.6 is 15.9 Å². The minimum atomic E-state index is -0.770. The van der Waals surface area contributed by atoms with Crippen LogP contribution in [-0.4, -0.2) is 35.1 Å². The lowest BCUT2D eigenvalue weighted by Crippen LogP contribution is -2.42. The van der Waals surface area contributed by atoms with Crippen molar-refractivity contribution in [2.75, 3.05) is 18.4 Å². The summed E-state index contributed by atoms with van der Waals surface area (Å²) >= 11 is 3.33. The molecule has 1 heterocycles. The van der Waals surface area contributed by atoms with Gasteiger partial charge in [0.15, 0.2) is 0 Å². The lowest BCUT2D eigenvalue weighted by atomic mass is 9.97. The van der Waals surface area contributed by atoms with Gasteiger partial charge in [0.2, 0.25) is 0 Å². The number of halogens is 1. The normalized spacial score (nSPS) is 16.2. The van der Waals surface area contributed by atoms with Crippen LogP contribution in [0.4, 0.5) is 10.5 Å². The number of hydrogen-bond donors (Lipinski definition) is 2. The second-order valence-corrected chi connectivity index (χ2v) is 5.45. The summed E-state index contributed by atoms with van der Waals surface area (Å²) in [6, 6.07) is 7.16. The number of carbonyl (C=O) groups is 2. The minimum absolute atomic E-state index is 0.175. The first-order valence-electron chi connectivity index (χ1n) is 6.10. The molecule has 0 radical (unpaired) electrons. The molecule has 2 rings (SSSR count). The number of likely N-dealkylation sites (tertiary alicyclic amines) is 1. The van der Waals surface area contributed by atoms with E-state index in [1.165, 1.54) is 0 Å². The Hall–Kier alpha value is -1.56. The molecule has 1 fully saturated rings. The number of rotatable bonds is 2. The third-order valence-electron chi connectivity index (χ3n) is 3.23. The van der Waals surface area contributed by atoms with Crippen molar-refractivity contribution in [1.82, 2.24) is 4.90 Å². The van der Waals surface area contributed by atoms with E-state index in [0.717, 1.165) is 10.2 Å². The predicted octanol–water partition coefficient (Wildman–Crippen LogP) is 2.78. The summed E-state index contributed by atoms with van der Waals surface area (Å²) in [5.41, 5.74) is 0.730. The first-order chi connectivity index (χ1) is 9.06. The van der Waals surface area contributed by atoms with E-state index in [0.29, 0.717) is 25.9 Å². The van der Waals surface area contributed by atoms with Gasteiger partial charge in [-0.1, -0.05) is 15.9 Å². The molecule has 6 heteroatoms. The van der Waals surface area contributed by atoms with Gasteiger partial charge in [0.05, 0.1) is 5.92 Å². The lowest BCUT2D eigenvalue weighted by Gasteiger charge is -2.30. The maximum Gasteiger partial charge on any atom is 0.321 e. The molecule has 1 aromatic rings. The zero-order valence-electron chi connectivity index (χ0n) is 10.3. The molecule has 0 aromatic heterocycles. The largest absolute Gasteiger partial charge is 0.481 e. The summed E-state index contributed by atoms with van der Waals surface area (Å²) in [7, 11) is 0. The number of benzene rings is 1. The van der Waals surface area contributed by atoms with Crippen LogP contribution in [0.1, 0.15) is 12.8 Å². The highest BCUT2D eigenvalue weighted by Crippen LogP contribution is 2.19. The molecule has 102 valence electrons. The number of aliphatic carboxylic acids is 1. The maximum absolute atomic E-state index is 12.0. The number of carboxylic acid groups (broad SMARTS) is 1. The standard InChI is InChI=1S/C13H15BrN2O3/c14-10-1-3-11(4-2-10)15-13(19)16-7-5-9(6-8-16)12(17)18/h1-4,9H,5-8H2,(H,15,19)(H,17,18). The second kappa shape index (κ2) is 6.06. The van der Waals surface area contributed by atoms with Gasteiger partial charge in [-0.3, -0.25) is 4.79 Å². The summed E-state index contributed by atoms with van der Waals surface area (Å²) in [4.78, 5) is 24.5. The maximum atomic E-state index is 12.0. The van der Waals surface area contributed by atoms with Crippen LogP contribution in [0, 0.1) is 5.92 Å². The number of piperidine rings is 1. The van der Waals surface area contributed by atoms with Crippen molar-refractivity contribution in [3.8, 4) is 0 Å². The zero-order valence-corrected chi connectivity index (χ0v) is 11.9. The summed E-state index contributed by atoms with van der Waals surface area (Å²) in [6.45, 7) is 0.971.